The van der Waals surface area contributed by atoms with Gasteiger partial charge in [0.05, 0.1) is 0 Å². The predicted molar refractivity (Wildman–Crippen MR) is 82.1 cm³/mol. The van der Waals surface area contributed by atoms with Crippen LogP contribution in [0.3, 0.4) is 0 Å². The van der Waals surface area contributed by atoms with Gasteiger partial charge in [0, 0.05) is 32.0 Å². The second kappa shape index (κ2) is 7.61. The molecule has 0 amide bonds. The van der Waals surface area contributed by atoms with Crippen LogP contribution >= 0.6 is 0 Å². The van der Waals surface area contributed by atoms with Gasteiger partial charge in [-0.25, -0.2) is 0 Å². The number of pyridine rings is 1. The van der Waals surface area contributed by atoms with Gasteiger partial charge in [-0.2, -0.15) is 0 Å². The molecule has 0 saturated carbocycles. The molecule has 1 aromatic rings. The molecule has 1 rings (SSSR count). The lowest BCUT2D eigenvalue weighted by Gasteiger charge is -2.31. The maximum Gasteiger partial charge on any atom is 0.0312 e. The molecule has 1 aromatic heterocycles. The van der Waals surface area contributed by atoms with Crippen molar-refractivity contribution in [3.8, 4) is 0 Å². The molecule has 0 aliphatic heterocycles. The van der Waals surface area contributed by atoms with Crippen molar-refractivity contribution in [1.29, 1.82) is 0 Å². The fraction of sp³-hybridized carbons (Fsp3) is 0.688. The van der Waals surface area contributed by atoms with Gasteiger partial charge < -0.3 is 10.2 Å². The Balaban J connectivity index is 2.35. The molecule has 0 atom stereocenters. The van der Waals surface area contributed by atoms with E-state index in [4.69, 9.17) is 0 Å². The highest BCUT2D eigenvalue weighted by Crippen LogP contribution is 2.16. The summed E-state index contributed by atoms with van der Waals surface area (Å²) in [5.74, 6) is 0.712. The van der Waals surface area contributed by atoms with Crippen molar-refractivity contribution in [2.75, 3.05) is 26.7 Å². The van der Waals surface area contributed by atoms with E-state index in [2.05, 4.69) is 56.0 Å². The van der Waals surface area contributed by atoms with Crippen LogP contribution in [0, 0.1) is 11.3 Å². The number of rotatable bonds is 8. The lowest BCUT2D eigenvalue weighted by molar-refractivity contribution is 0.197. The minimum Gasteiger partial charge on any atom is -0.316 e. The van der Waals surface area contributed by atoms with Crippen LogP contribution < -0.4 is 5.32 Å². The topological polar surface area (TPSA) is 28.2 Å². The third-order valence-corrected chi connectivity index (χ3v) is 3.03. The fourth-order valence-electron chi connectivity index (χ4n) is 2.35. The summed E-state index contributed by atoms with van der Waals surface area (Å²) < 4.78 is 0. The molecule has 3 nitrogen and oxygen atoms in total. The molecule has 0 radical (unpaired) electrons. The minimum atomic E-state index is 0.284. The van der Waals surface area contributed by atoms with Gasteiger partial charge in [0.2, 0.25) is 0 Å². The zero-order chi connectivity index (χ0) is 14.3. The first-order valence-electron chi connectivity index (χ1n) is 7.17. The van der Waals surface area contributed by atoms with Crippen molar-refractivity contribution in [3.63, 3.8) is 0 Å². The Bertz CT molecular complexity index is 346. The largest absolute Gasteiger partial charge is 0.316 e. The number of hydrogen-bond acceptors (Lipinski definition) is 3. The van der Waals surface area contributed by atoms with Gasteiger partial charge in [0.1, 0.15) is 0 Å². The molecule has 1 N–H and O–H groups in total. The molecule has 0 aromatic carbocycles. The summed E-state index contributed by atoms with van der Waals surface area (Å²) in [6.07, 6.45) is 3.77. The number of aromatic nitrogens is 1. The lowest BCUT2D eigenvalue weighted by Crippen LogP contribution is -2.39. The first kappa shape index (κ1) is 16.1. The van der Waals surface area contributed by atoms with Crippen molar-refractivity contribution < 1.29 is 0 Å². The third kappa shape index (κ3) is 7.28. The number of nitrogens with one attached hydrogen (secondary N) is 1. The Morgan fingerprint density at radius 3 is 2.68 bits per heavy atom. The zero-order valence-corrected chi connectivity index (χ0v) is 13.1. The second-order valence-corrected chi connectivity index (χ2v) is 6.72. The Kier molecular flexibility index (Phi) is 6.46. The summed E-state index contributed by atoms with van der Waals surface area (Å²) in [4.78, 5) is 6.53. The number of hydrogen-bond donors (Lipinski definition) is 1. The molecule has 3 heteroatoms. The molecule has 1 heterocycles. The van der Waals surface area contributed by atoms with Crippen molar-refractivity contribution in [2.45, 2.75) is 34.2 Å². The molecule has 0 saturated heterocycles. The standard InChI is InChI=1S/C16H29N3/c1-14(2)9-18-12-16(3,4)13-19(5)11-15-7-6-8-17-10-15/h6-8,10,14,18H,9,11-13H2,1-5H3. The van der Waals surface area contributed by atoms with E-state index in [-0.39, 0.29) is 5.41 Å². The molecule has 0 fully saturated rings. The highest BCUT2D eigenvalue weighted by molar-refractivity contribution is 5.08. The van der Waals surface area contributed by atoms with Crippen molar-refractivity contribution in [2.24, 2.45) is 11.3 Å². The molecule has 0 aliphatic rings. The summed E-state index contributed by atoms with van der Waals surface area (Å²) in [7, 11) is 2.18. The first-order chi connectivity index (χ1) is 8.89. The first-order valence-corrected chi connectivity index (χ1v) is 7.17. The molecule has 0 unspecified atom stereocenters. The molecule has 0 aliphatic carbocycles. The third-order valence-electron chi connectivity index (χ3n) is 3.03. The molecule has 0 bridgehead atoms. The maximum absolute atomic E-state index is 4.16. The van der Waals surface area contributed by atoms with Gasteiger partial charge in [-0.1, -0.05) is 33.8 Å². The van der Waals surface area contributed by atoms with E-state index in [0.717, 1.165) is 26.2 Å². The number of nitrogens with zero attached hydrogens (tertiary/aromatic N) is 2. The maximum atomic E-state index is 4.16. The average molecular weight is 263 g/mol. The lowest BCUT2D eigenvalue weighted by atomic mass is 9.92. The van der Waals surface area contributed by atoms with Gasteiger partial charge in [0.25, 0.3) is 0 Å². The minimum absolute atomic E-state index is 0.284. The van der Waals surface area contributed by atoms with Crippen LogP contribution in [0.15, 0.2) is 24.5 Å². The van der Waals surface area contributed by atoms with Gasteiger partial charge in [-0.3, -0.25) is 4.98 Å². The smallest absolute Gasteiger partial charge is 0.0312 e. The Hall–Kier alpha value is -0.930. The van der Waals surface area contributed by atoms with Crippen LogP contribution in [0.1, 0.15) is 33.3 Å². The monoisotopic (exact) mass is 263 g/mol. The molecule has 0 spiro atoms. The Labute approximate surface area is 118 Å². The van der Waals surface area contributed by atoms with Crippen LogP contribution in [0.5, 0.6) is 0 Å². The van der Waals surface area contributed by atoms with E-state index in [1.165, 1.54) is 5.56 Å². The summed E-state index contributed by atoms with van der Waals surface area (Å²) in [5.41, 5.74) is 1.56. The zero-order valence-electron chi connectivity index (χ0n) is 13.1. The molecular formula is C16H29N3. The van der Waals surface area contributed by atoms with E-state index >= 15 is 0 Å². The normalized spacial score (nSPS) is 12.4. The highest BCUT2D eigenvalue weighted by Gasteiger charge is 2.19. The summed E-state index contributed by atoms with van der Waals surface area (Å²) >= 11 is 0. The van der Waals surface area contributed by atoms with Crippen molar-refractivity contribution in [1.82, 2.24) is 15.2 Å². The van der Waals surface area contributed by atoms with Crippen LogP contribution in [-0.2, 0) is 6.54 Å². The van der Waals surface area contributed by atoms with Crippen molar-refractivity contribution in [3.05, 3.63) is 30.1 Å². The van der Waals surface area contributed by atoms with Crippen LogP contribution in [-0.4, -0.2) is 36.6 Å². The fourth-order valence-corrected chi connectivity index (χ4v) is 2.35. The predicted octanol–water partition coefficient (Wildman–Crippen LogP) is 2.79. The van der Waals surface area contributed by atoms with E-state index < -0.39 is 0 Å². The summed E-state index contributed by atoms with van der Waals surface area (Å²) in [5, 5.41) is 3.56. The quantitative estimate of drug-likeness (QED) is 0.781. The highest BCUT2D eigenvalue weighted by atomic mass is 15.1. The second-order valence-electron chi connectivity index (χ2n) is 6.72. The average Bonchev–Trinajstić information content (AvgIpc) is 2.28. The summed E-state index contributed by atoms with van der Waals surface area (Å²) in [6, 6.07) is 4.13. The van der Waals surface area contributed by atoms with Gasteiger partial charge in [-0.15, -0.1) is 0 Å². The van der Waals surface area contributed by atoms with E-state index in [9.17, 15) is 0 Å². The van der Waals surface area contributed by atoms with E-state index in [0.29, 0.717) is 5.92 Å². The van der Waals surface area contributed by atoms with Crippen molar-refractivity contribution >= 4 is 0 Å². The Morgan fingerprint density at radius 2 is 2.11 bits per heavy atom. The molecular weight excluding hydrogens is 234 g/mol. The molecule has 19 heavy (non-hydrogen) atoms. The van der Waals surface area contributed by atoms with E-state index in [1.54, 1.807) is 0 Å². The van der Waals surface area contributed by atoms with Gasteiger partial charge in [0.15, 0.2) is 0 Å². The summed E-state index contributed by atoms with van der Waals surface area (Å²) in [6.45, 7) is 13.3. The van der Waals surface area contributed by atoms with Crippen LogP contribution in [0.25, 0.3) is 0 Å². The van der Waals surface area contributed by atoms with Crippen LogP contribution in [0.2, 0.25) is 0 Å². The molecule has 108 valence electrons. The van der Waals surface area contributed by atoms with Crippen LogP contribution in [0.4, 0.5) is 0 Å². The van der Waals surface area contributed by atoms with E-state index in [1.807, 2.05) is 18.5 Å². The van der Waals surface area contributed by atoms with Gasteiger partial charge in [-0.05, 0) is 36.6 Å². The SMILES string of the molecule is CC(C)CNCC(C)(C)CN(C)Cc1cccnc1. The Morgan fingerprint density at radius 1 is 1.37 bits per heavy atom. The van der Waals surface area contributed by atoms with Gasteiger partial charge >= 0.3 is 0 Å².